The summed E-state index contributed by atoms with van der Waals surface area (Å²) in [4.78, 5) is 55.7. The van der Waals surface area contributed by atoms with Gasteiger partial charge in [-0.05, 0) is 0 Å². The zero-order valence-corrected chi connectivity index (χ0v) is 21.2. The molecule has 0 bridgehead atoms. The van der Waals surface area contributed by atoms with Crippen LogP contribution in [-0.2, 0) is 40.3 Å². The maximum atomic E-state index is 9.29. The van der Waals surface area contributed by atoms with Crippen molar-refractivity contribution in [3.63, 3.8) is 0 Å². The Labute approximate surface area is 162 Å². The second kappa shape index (κ2) is 27.3. The Morgan fingerprint density at radius 3 is 0.583 bits per heavy atom. The van der Waals surface area contributed by atoms with E-state index in [0.29, 0.717) is 0 Å². The third kappa shape index (κ3) is 64.7. The van der Waals surface area contributed by atoms with Crippen molar-refractivity contribution >= 4 is 49.5 Å². The SMILES string of the molecule is CO.O=[PH]([O-])O[PH](=O)[O-].O=[PH]([O-])O[PH](=O)[O-].O=[PH]([O-])O[PH](=O)[O-].[U+6]. The first-order valence-electron chi connectivity index (χ1n) is 4.12. The van der Waals surface area contributed by atoms with Gasteiger partial charge in [0.05, 0.1) is 0 Å². The molecule has 0 heterocycles. The van der Waals surface area contributed by atoms with E-state index in [4.69, 9.17) is 5.11 Å². The molecule has 16 nitrogen and oxygen atoms in total. The quantitative estimate of drug-likeness (QED) is 0.254. The maximum Gasteiger partial charge on any atom is 6.00 e. The molecule has 6 unspecified atom stereocenters. The molecule has 0 aromatic heterocycles. The molecule has 0 aliphatic rings. The molecule has 0 aromatic rings. The molecule has 23 heteroatoms. The Morgan fingerprint density at radius 2 is 0.583 bits per heavy atom. The smallest absolute Gasteiger partial charge is 0.781 e. The van der Waals surface area contributed by atoms with Crippen LogP contribution in [0.5, 0.6) is 0 Å². The topological polar surface area (TPSA) is 289 Å². The van der Waals surface area contributed by atoms with E-state index < -0.39 is 49.5 Å². The van der Waals surface area contributed by atoms with Crippen LogP contribution in [-0.4, -0.2) is 12.2 Å². The van der Waals surface area contributed by atoms with Gasteiger partial charge in [-0.25, -0.2) is 0 Å². The minimum absolute atomic E-state index is 0. The minimum Gasteiger partial charge on any atom is -0.781 e. The van der Waals surface area contributed by atoms with Gasteiger partial charge in [0.15, 0.2) is 0 Å². The normalized spacial score (nSPS) is 16.5. The number of hydrogen-bond acceptors (Lipinski definition) is 16. The van der Waals surface area contributed by atoms with Gasteiger partial charge in [0, 0.05) is 7.11 Å². The zero-order valence-electron chi connectivity index (χ0n) is 11.1. The first kappa shape index (κ1) is 36.9. The fourth-order valence-corrected chi connectivity index (χ4v) is 1.84. The van der Waals surface area contributed by atoms with E-state index in [1.54, 1.807) is 0 Å². The summed E-state index contributed by atoms with van der Waals surface area (Å²) >= 11 is 0. The zero-order chi connectivity index (χ0) is 19.6. The molecular weight excluding hydrogens is 692 g/mol. The molecular formula is CH10O16P6U. The van der Waals surface area contributed by atoms with Gasteiger partial charge in [0.2, 0.25) is 0 Å². The number of hydrogen-bond donors (Lipinski definition) is 1. The Balaban J connectivity index is -0.0000000699. The molecule has 0 aliphatic carbocycles. The molecule has 24 heavy (non-hydrogen) atoms. The van der Waals surface area contributed by atoms with Crippen LogP contribution < -0.4 is 29.4 Å². The summed E-state index contributed by atoms with van der Waals surface area (Å²) in [5, 5.41) is 7.00. The summed E-state index contributed by atoms with van der Waals surface area (Å²) in [6, 6.07) is 0. The van der Waals surface area contributed by atoms with E-state index in [9.17, 15) is 56.8 Å². The van der Waals surface area contributed by atoms with Crippen LogP contribution >= 0.6 is 49.5 Å². The molecule has 0 aliphatic heterocycles. The Hall–Kier alpha value is 2.03. The number of rotatable bonds is 6. The van der Waals surface area contributed by atoms with Crippen LogP contribution in [0, 0.1) is 31.1 Å². The van der Waals surface area contributed by atoms with Crippen molar-refractivity contribution in [3.05, 3.63) is 0 Å². The van der Waals surface area contributed by atoms with Crippen LogP contribution in [0.4, 0.5) is 0 Å². The summed E-state index contributed by atoms with van der Waals surface area (Å²) in [6.45, 7) is 0. The van der Waals surface area contributed by atoms with Gasteiger partial charge in [-0.1, -0.05) is 0 Å². The van der Waals surface area contributed by atoms with E-state index in [-0.39, 0.29) is 31.1 Å². The predicted molar refractivity (Wildman–Crippen MR) is 65.4 cm³/mol. The molecule has 0 aromatic carbocycles. The van der Waals surface area contributed by atoms with E-state index in [1.165, 1.54) is 0 Å². The minimum atomic E-state index is -3.51. The van der Waals surface area contributed by atoms with Gasteiger partial charge < -0.3 is 61.9 Å². The van der Waals surface area contributed by atoms with Gasteiger partial charge in [-0.3, -0.25) is 12.9 Å². The van der Waals surface area contributed by atoms with E-state index in [1.807, 2.05) is 0 Å². The van der Waals surface area contributed by atoms with Crippen molar-refractivity contribution < 1.29 is 106 Å². The van der Waals surface area contributed by atoms with E-state index in [0.717, 1.165) is 7.11 Å². The first-order chi connectivity index (χ1) is 10.4. The molecule has 0 rings (SSSR count). The summed E-state index contributed by atoms with van der Waals surface area (Å²) in [5.41, 5.74) is 0. The maximum absolute atomic E-state index is 9.29. The fraction of sp³-hybridized carbons (Fsp3) is 1.00. The van der Waals surface area contributed by atoms with Gasteiger partial charge in [-0.15, -0.1) is 0 Å². The van der Waals surface area contributed by atoms with Crippen LogP contribution in [0.1, 0.15) is 0 Å². The van der Waals surface area contributed by atoms with Crippen molar-refractivity contribution in [2.24, 2.45) is 0 Å². The summed E-state index contributed by atoms with van der Waals surface area (Å²) in [7, 11) is -20.1. The third-order valence-corrected chi connectivity index (χ3v) is 4.50. The Kier molecular flexibility index (Phi) is 41.9. The average molecular weight is 702 g/mol. The second-order valence-corrected chi connectivity index (χ2v) is 7.26. The summed E-state index contributed by atoms with van der Waals surface area (Å²) in [6.07, 6.45) is 0. The van der Waals surface area contributed by atoms with Crippen LogP contribution in [0.15, 0.2) is 0 Å². The molecule has 1 N–H and O–H groups in total. The summed E-state index contributed by atoms with van der Waals surface area (Å²) < 4.78 is 65.4. The summed E-state index contributed by atoms with van der Waals surface area (Å²) in [5.74, 6) is 0. The van der Waals surface area contributed by atoms with Crippen LogP contribution in [0.25, 0.3) is 0 Å². The van der Waals surface area contributed by atoms with E-state index >= 15 is 0 Å². The van der Waals surface area contributed by atoms with Crippen molar-refractivity contribution in [1.29, 1.82) is 0 Å². The van der Waals surface area contributed by atoms with Crippen molar-refractivity contribution in [3.8, 4) is 0 Å². The predicted octanol–water partition coefficient (Wildman–Crippen LogP) is -4.88. The average Bonchev–Trinajstić information content (AvgIpc) is 2.26. The standard InChI is InChI=1S/CH4O.3H4O5P2.U/c1-2;3*1-6(2)5-7(3)4;/h2H,1H3;3*6-7H,(H,1,2)(H,3,4);/q;;;;+6/p-6. The van der Waals surface area contributed by atoms with Crippen molar-refractivity contribution in [2.75, 3.05) is 7.11 Å². The molecule has 0 spiro atoms. The van der Waals surface area contributed by atoms with Gasteiger partial charge in [0.1, 0.15) is 49.5 Å². The largest absolute Gasteiger partial charge is 6.00 e. The van der Waals surface area contributed by atoms with Gasteiger partial charge in [0.25, 0.3) is 0 Å². The van der Waals surface area contributed by atoms with Crippen molar-refractivity contribution in [2.45, 2.75) is 0 Å². The third-order valence-electron chi connectivity index (χ3n) is 0.500. The molecule has 6 atom stereocenters. The Bertz CT molecular complexity index is 321. The molecule has 0 fully saturated rings. The van der Waals surface area contributed by atoms with Gasteiger partial charge in [-0.2, -0.15) is 0 Å². The molecule has 0 saturated heterocycles. The van der Waals surface area contributed by atoms with Crippen LogP contribution in [0.2, 0.25) is 0 Å². The molecule has 144 valence electrons. The second-order valence-electron chi connectivity index (χ2n) is 1.81. The van der Waals surface area contributed by atoms with E-state index in [2.05, 4.69) is 12.9 Å². The van der Waals surface area contributed by atoms with Crippen molar-refractivity contribution in [1.82, 2.24) is 0 Å². The Morgan fingerprint density at radius 1 is 0.500 bits per heavy atom. The molecule has 0 amide bonds. The van der Waals surface area contributed by atoms with Crippen LogP contribution in [0.3, 0.4) is 0 Å². The number of aliphatic hydroxyl groups excluding tert-OH is 1. The molecule has 0 saturated carbocycles. The van der Waals surface area contributed by atoms with Gasteiger partial charge >= 0.3 is 31.1 Å². The first-order valence-corrected chi connectivity index (χ1v) is 11.5. The number of aliphatic hydroxyl groups is 1. The molecule has 0 radical (unpaired) electrons. The monoisotopic (exact) mass is 702 g/mol. The fourth-order valence-electron chi connectivity index (χ4n) is 0.204.